The van der Waals surface area contributed by atoms with Crippen LogP contribution in [-0.2, 0) is 4.74 Å². The van der Waals surface area contributed by atoms with Crippen molar-refractivity contribution in [2.45, 2.75) is 36.6 Å². The van der Waals surface area contributed by atoms with Crippen molar-refractivity contribution in [2.24, 2.45) is 5.92 Å². The smallest absolute Gasteiger partial charge is 0.117 e. The minimum atomic E-state index is -1.34. The van der Waals surface area contributed by atoms with Crippen LogP contribution in [0.4, 0.5) is 0 Å². The second-order valence-electron chi connectivity index (χ2n) is 4.33. The maximum atomic E-state index is 9.82. The summed E-state index contributed by atoms with van der Waals surface area (Å²) in [4.78, 5) is 0. The first-order chi connectivity index (χ1) is 7.07. The first kappa shape index (κ1) is 14.1. The van der Waals surface area contributed by atoms with Gasteiger partial charge in [-0.2, -0.15) is 0 Å². The Balaban J connectivity index is 0.00000128. The van der Waals surface area contributed by atoms with Gasteiger partial charge < -0.3 is 42.9 Å². The van der Waals surface area contributed by atoms with E-state index in [0.29, 0.717) is 6.61 Å². The summed E-state index contributed by atoms with van der Waals surface area (Å²) in [6.07, 6.45) is -5.39. The summed E-state index contributed by atoms with van der Waals surface area (Å²) >= 11 is 0. The largest absolute Gasteiger partial charge is 1.00 e. The Morgan fingerprint density at radius 1 is 1.00 bits per heavy atom. The Morgan fingerprint density at radius 3 is 2.12 bits per heavy atom. The van der Waals surface area contributed by atoms with Crippen LogP contribution in [0, 0.1) is 5.92 Å². The van der Waals surface area contributed by atoms with Crippen LogP contribution in [0.3, 0.4) is 0 Å². The van der Waals surface area contributed by atoms with Gasteiger partial charge in [0.1, 0.15) is 24.4 Å². The molecule has 0 amide bonds. The zero-order valence-corrected chi connectivity index (χ0v) is 9.66. The fourth-order valence-electron chi connectivity index (χ4n) is 2.61. The molecule has 0 aromatic heterocycles. The molecular formula is C9H18ClNO5. The van der Waals surface area contributed by atoms with E-state index in [-0.39, 0.29) is 24.4 Å². The molecule has 0 aromatic rings. The summed E-state index contributed by atoms with van der Waals surface area (Å²) in [6.45, 7) is 0.416. The lowest BCUT2D eigenvalue weighted by molar-refractivity contribution is -0.668. The average molecular weight is 256 g/mol. The van der Waals surface area contributed by atoms with Crippen molar-refractivity contribution in [3.8, 4) is 0 Å². The molecule has 0 spiro atoms. The van der Waals surface area contributed by atoms with Crippen molar-refractivity contribution in [2.75, 3.05) is 13.7 Å². The van der Waals surface area contributed by atoms with Gasteiger partial charge in [0.2, 0.25) is 0 Å². The summed E-state index contributed by atoms with van der Waals surface area (Å²) in [5, 5.41) is 40.4. The van der Waals surface area contributed by atoms with E-state index in [0.717, 1.165) is 0 Å². The molecule has 1 saturated heterocycles. The lowest BCUT2D eigenvalue weighted by Crippen LogP contribution is -3.00. The molecule has 0 radical (unpaired) electrons. The minimum absolute atomic E-state index is 0. The fraction of sp³-hybridized carbons (Fsp3) is 1.00. The number of aliphatic hydroxyl groups excluding tert-OH is 4. The number of aliphatic hydroxyl groups is 4. The molecule has 2 fully saturated rings. The van der Waals surface area contributed by atoms with E-state index >= 15 is 0 Å². The lowest BCUT2D eigenvalue weighted by atomic mass is 9.76. The molecule has 6 nitrogen and oxygen atoms in total. The molecule has 1 aliphatic carbocycles. The van der Waals surface area contributed by atoms with Crippen LogP contribution in [0.15, 0.2) is 0 Å². The summed E-state index contributed by atoms with van der Waals surface area (Å²) < 4.78 is 5.35. The number of rotatable bonds is 1. The quantitative estimate of drug-likeness (QED) is 0.320. The number of fused-ring (bicyclic) bond motifs is 1. The summed E-state index contributed by atoms with van der Waals surface area (Å²) in [5.41, 5.74) is 0. The third-order valence-corrected chi connectivity index (χ3v) is 3.56. The van der Waals surface area contributed by atoms with Crippen molar-refractivity contribution in [1.29, 1.82) is 0 Å². The second-order valence-corrected chi connectivity index (χ2v) is 4.33. The minimum Gasteiger partial charge on any atom is -1.00 e. The average Bonchev–Trinajstić information content (AvgIpc) is 2.67. The van der Waals surface area contributed by atoms with Gasteiger partial charge >= 0.3 is 0 Å². The van der Waals surface area contributed by atoms with E-state index in [1.807, 2.05) is 12.4 Å². The van der Waals surface area contributed by atoms with Crippen molar-refractivity contribution in [1.82, 2.24) is 0 Å². The maximum absolute atomic E-state index is 9.82. The standard InChI is InChI=1S/C9H17NO5.ClH/c1-10-3-2-15-9-4(3)5(11)6(12)7(13)8(9)14;/h3-14H,2H2,1H3;1H/t3-,4+,5-,6+,7-,8+,9+;/m1./s1. The molecule has 1 aliphatic heterocycles. The third kappa shape index (κ3) is 1.95. The van der Waals surface area contributed by atoms with Crippen LogP contribution in [0.2, 0.25) is 0 Å². The van der Waals surface area contributed by atoms with Crippen LogP contribution in [0.25, 0.3) is 0 Å². The maximum Gasteiger partial charge on any atom is 0.117 e. The predicted octanol–water partition coefficient (Wildman–Crippen LogP) is -6.98. The van der Waals surface area contributed by atoms with Crippen LogP contribution in [-0.4, -0.2) is 70.6 Å². The summed E-state index contributed by atoms with van der Waals surface area (Å²) in [5.74, 6) is -0.330. The molecule has 7 heteroatoms. The summed E-state index contributed by atoms with van der Waals surface area (Å²) in [7, 11) is 1.85. The lowest BCUT2D eigenvalue weighted by Gasteiger charge is -2.40. The molecule has 0 aromatic carbocycles. The number of halogens is 1. The van der Waals surface area contributed by atoms with E-state index in [9.17, 15) is 20.4 Å². The monoisotopic (exact) mass is 255 g/mol. The molecule has 16 heavy (non-hydrogen) atoms. The molecule has 2 aliphatic rings. The van der Waals surface area contributed by atoms with Crippen LogP contribution in [0.5, 0.6) is 0 Å². The Labute approximate surface area is 99.6 Å². The molecule has 0 unspecified atom stereocenters. The van der Waals surface area contributed by atoms with Crippen molar-refractivity contribution in [3.63, 3.8) is 0 Å². The van der Waals surface area contributed by atoms with E-state index in [1.165, 1.54) is 0 Å². The Bertz CT molecular complexity index is 244. The molecule has 6 N–H and O–H groups in total. The highest BCUT2D eigenvalue weighted by molar-refractivity contribution is 5.03. The highest BCUT2D eigenvalue weighted by atomic mass is 35.5. The molecular weight excluding hydrogens is 238 g/mol. The normalized spacial score (nSPS) is 51.9. The first-order valence-corrected chi connectivity index (χ1v) is 5.21. The van der Waals surface area contributed by atoms with Crippen molar-refractivity contribution in [3.05, 3.63) is 0 Å². The Kier molecular flexibility index (Phi) is 4.53. The summed E-state index contributed by atoms with van der Waals surface area (Å²) in [6, 6.07) is 0.0156. The molecule has 1 heterocycles. The fourth-order valence-corrected chi connectivity index (χ4v) is 2.61. The number of nitrogens with two attached hydrogens (primary N) is 1. The van der Waals surface area contributed by atoms with Gasteiger partial charge in [-0.1, -0.05) is 0 Å². The van der Waals surface area contributed by atoms with Crippen LogP contribution >= 0.6 is 0 Å². The zero-order chi connectivity index (χ0) is 11.2. The van der Waals surface area contributed by atoms with E-state index in [1.54, 1.807) is 0 Å². The van der Waals surface area contributed by atoms with Gasteiger partial charge in [-0.05, 0) is 0 Å². The molecule has 0 bridgehead atoms. The number of quaternary nitrogens is 1. The topological polar surface area (TPSA) is 107 Å². The number of likely N-dealkylation sites (N-methyl/N-ethyl adjacent to an activating group) is 1. The SMILES string of the molecule is C[NH2+][C@@H]1CO[C@@H]2[C@@H](O)[C@H](O)[C@@H](O)[C@H](O)[C@@H]21.[Cl-]. The van der Waals surface area contributed by atoms with Gasteiger partial charge in [0.05, 0.1) is 31.8 Å². The van der Waals surface area contributed by atoms with Crippen molar-refractivity contribution >= 4 is 0 Å². The molecule has 1 saturated carbocycles. The van der Waals surface area contributed by atoms with E-state index < -0.39 is 30.5 Å². The molecule has 2 rings (SSSR count). The molecule has 96 valence electrons. The second kappa shape index (κ2) is 5.14. The van der Waals surface area contributed by atoms with Crippen LogP contribution < -0.4 is 17.7 Å². The Hall–Kier alpha value is 0.0500. The van der Waals surface area contributed by atoms with Gasteiger partial charge in [0.15, 0.2) is 0 Å². The highest BCUT2D eigenvalue weighted by Crippen LogP contribution is 2.34. The van der Waals surface area contributed by atoms with E-state index in [4.69, 9.17) is 4.74 Å². The van der Waals surface area contributed by atoms with Gasteiger partial charge in [0.25, 0.3) is 0 Å². The number of hydrogen-bond acceptors (Lipinski definition) is 5. The van der Waals surface area contributed by atoms with Gasteiger partial charge in [-0.15, -0.1) is 0 Å². The number of hydrogen-bond donors (Lipinski definition) is 5. The van der Waals surface area contributed by atoms with Gasteiger partial charge in [-0.25, -0.2) is 0 Å². The number of ether oxygens (including phenoxy) is 1. The van der Waals surface area contributed by atoms with Crippen molar-refractivity contribution < 1.29 is 42.9 Å². The predicted molar refractivity (Wildman–Crippen MR) is 48.9 cm³/mol. The van der Waals surface area contributed by atoms with Gasteiger partial charge in [-0.3, -0.25) is 0 Å². The Morgan fingerprint density at radius 2 is 1.56 bits per heavy atom. The van der Waals surface area contributed by atoms with Crippen LogP contribution in [0.1, 0.15) is 0 Å². The molecule has 7 atom stereocenters. The van der Waals surface area contributed by atoms with E-state index in [2.05, 4.69) is 0 Å². The zero-order valence-electron chi connectivity index (χ0n) is 8.90. The first-order valence-electron chi connectivity index (χ1n) is 5.21. The van der Waals surface area contributed by atoms with Gasteiger partial charge in [0, 0.05) is 0 Å². The highest BCUT2D eigenvalue weighted by Gasteiger charge is 2.56. The third-order valence-electron chi connectivity index (χ3n) is 3.56.